The highest BCUT2D eigenvalue weighted by Crippen LogP contribution is 2.28. The first-order valence-corrected chi connectivity index (χ1v) is 7.11. The van der Waals surface area contributed by atoms with Gasteiger partial charge in [0.1, 0.15) is 16.5 Å². The molecule has 0 N–H and O–H groups in total. The minimum atomic E-state index is -3.95. The third-order valence-corrected chi connectivity index (χ3v) is 3.36. The lowest BCUT2D eigenvalue weighted by Gasteiger charge is -2.07. The van der Waals surface area contributed by atoms with E-state index in [0.29, 0.717) is 0 Å². The second-order valence-corrected chi connectivity index (χ2v) is 5.83. The van der Waals surface area contributed by atoms with Crippen molar-refractivity contribution < 1.29 is 17.5 Å². The second kappa shape index (κ2) is 4.91. The summed E-state index contributed by atoms with van der Waals surface area (Å²) in [5, 5.41) is 0. The van der Waals surface area contributed by atoms with Crippen LogP contribution in [0.2, 0.25) is 0 Å². The predicted octanol–water partition coefficient (Wildman–Crippen LogP) is 2.94. The fourth-order valence-corrected chi connectivity index (χ4v) is 2.15. The first kappa shape index (κ1) is 12.8. The molecule has 0 saturated heterocycles. The van der Waals surface area contributed by atoms with E-state index >= 15 is 0 Å². The van der Waals surface area contributed by atoms with E-state index in [9.17, 15) is 12.8 Å². The van der Waals surface area contributed by atoms with Crippen molar-refractivity contribution in [2.24, 2.45) is 0 Å². The monoisotopic (exact) mass is 287 g/mol. The molecule has 1 aromatic heterocycles. The van der Waals surface area contributed by atoms with Crippen molar-refractivity contribution in [3.05, 3.63) is 48.4 Å². The molecule has 0 radical (unpaired) electrons. The molecule has 2 aromatic rings. The first-order chi connectivity index (χ1) is 8.47. The number of aromatic nitrogens is 1. The Morgan fingerprint density at radius 1 is 1.17 bits per heavy atom. The number of nitrogens with zero attached hydrogens (tertiary/aromatic N) is 1. The third kappa shape index (κ3) is 2.96. The van der Waals surface area contributed by atoms with Gasteiger partial charge in [-0.1, -0.05) is 0 Å². The maximum absolute atomic E-state index is 12.7. The molecule has 0 fully saturated rings. The Bertz CT molecular complexity index is 658. The Labute approximate surface area is 107 Å². The van der Waals surface area contributed by atoms with Crippen LogP contribution in [0.1, 0.15) is 0 Å². The Hall–Kier alpha value is -1.66. The molecule has 0 aliphatic carbocycles. The molecule has 0 aliphatic rings. The second-order valence-electron chi connectivity index (χ2n) is 3.30. The summed E-state index contributed by atoms with van der Waals surface area (Å²) in [4.78, 5) is 3.54. The molecule has 1 aromatic carbocycles. The summed E-state index contributed by atoms with van der Waals surface area (Å²) >= 11 is 0. The summed E-state index contributed by atoms with van der Waals surface area (Å²) in [6.07, 6.45) is 1.37. The van der Waals surface area contributed by atoms with E-state index in [1.807, 2.05) is 0 Å². The lowest BCUT2D eigenvalue weighted by Crippen LogP contribution is -1.97. The molecule has 0 spiro atoms. The number of halogens is 2. The Morgan fingerprint density at radius 3 is 2.44 bits per heavy atom. The van der Waals surface area contributed by atoms with Crippen LogP contribution in [-0.2, 0) is 9.05 Å². The molecule has 2 rings (SSSR count). The first-order valence-electron chi connectivity index (χ1n) is 4.80. The fourth-order valence-electron chi connectivity index (χ4n) is 1.25. The van der Waals surface area contributed by atoms with Gasteiger partial charge in [-0.3, -0.25) is 0 Å². The van der Waals surface area contributed by atoms with Gasteiger partial charge in [-0.05, 0) is 36.4 Å². The molecule has 94 valence electrons. The molecule has 0 bridgehead atoms. The number of pyridine rings is 1. The van der Waals surface area contributed by atoms with Crippen LogP contribution in [0.5, 0.6) is 11.6 Å². The Kier molecular flexibility index (Phi) is 3.49. The van der Waals surface area contributed by atoms with Crippen molar-refractivity contribution in [1.29, 1.82) is 0 Å². The Morgan fingerprint density at radius 2 is 1.83 bits per heavy atom. The van der Waals surface area contributed by atoms with E-state index < -0.39 is 14.9 Å². The molecule has 4 nitrogen and oxygen atoms in total. The van der Waals surface area contributed by atoms with Crippen molar-refractivity contribution in [3.63, 3.8) is 0 Å². The largest absolute Gasteiger partial charge is 0.438 e. The van der Waals surface area contributed by atoms with Gasteiger partial charge in [0.2, 0.25) is 5.88 Å². The maximum atomic E-state index is 12.7. The molecule has 0 aliphatic heterocycles. The number of benzene rings is 1. The van der Waals surface area contributed by atoms with Gasteiger partial charge in [0.15, 0.2) is 0 Å². The minimum absolute atomic E-state index is 0.154. The number of hydrogen-bond donors (Lipinski definition) is 0. The van der Waals surface area contributed by atoms with Crippen LogP contribution in [0.3, 0.4) is 0 Å². The average molecular weight is 288 g/mol. The number of ether oxygens (including phenoxy) is 1. The number of rotatable bonds is 3. The summed E-state index contributed by atoms with van der Waals surface area (Å²) in [5.74, 6) is -0.315. The van der Waals surface area contributed by atoms with E-state index in [1.54, 1.807) is 0 Å². The van der Waals surface area contributed by atoms with Gasteiger partial charge in [0.05, 0.1) is 0 Å². The van der Waals surface area contributed by atoms with Gasteiger partial charge in [-0.2, -0.15) is 0 Å². The highest BCUT2D eigenvalue weighted by atomic mass is 35.7. The lowest BCUT2D eigenvalue weighted by atomic mass is 10.3. The van der Waals surface area contributed by atoms with Crippen molar-refractivity contribution in [2.45, 2.75) is 4.90 Å². The standard InChI is InChI=1S/C11H7ClFNO3S/c12-18(15,16)10-2-1-7-14-11(10)17-9-5-3-8(13)4-6-9/h1-7H. The summed E-state index contributed by atoms with van der Waals surface area (Å²) < 4.78 is 40.5. The molecule has 1 heterocycles. The molecule has 0 saturated carbocycles. The van der Waals surface area contributed by atoms with Gasteiger partial charge in [0, 0.05) is 16.9 Å². The van der Waals surface area contributed by atoms with Crippen LogP contribution in [0.4, 0.5) is 4.39 Å². The van der Waals surface area contributed by atoms with Crippen LogP contribution in [-0.4, -0.2) is 13.4 Å². The van der Waals surface area contributed by atoms with E-state index in [0.717, 1.165) is 0 Å². The van der Waals surface area contributed by atoms with Gasteiger partial charge < -0.3 is 4.74 Å². The van der Waals surface area contributed by atoms with Crippen LogP contribution in [0.25, 0.3) is 0 Å². The lowest BCUT2D eigenvalue weighted by molar-refractivity contribution is 0.446. The summed E-state index contributed by atoms with van der Waals surface area (Å²) in [7, 11) is 1.30. The maximum Gasteiger partial charge on any atom is 0.266 e. The van der Waals surface area contributed by atoms with E-state index in [4.69, 9.17) is 15.4 Å². The third-order valence-electron chi connectivity index (χ3n) is 2.03. The quantitative estimate of drug-likeness (QED) is 0.815. The predicted molar refractivity (Wildman–Crippen MR) is 63.7 cm³/mol. The van der Waals surface area contributed by atoms with Crippen LogP contribution < -0.4 is 4.74 Å². The molecule has 0 unspecified atom stereocenters. The SMILES string of the molecule is O=S(=O)(Cl)c1cccnc1Oc1ccc(F)cc1. The Balaban J connectivity index is 2.38. The smallest absolute Gasteiger partial charge is 0.266 e. The molecule has 0 amide bonds. The van der Waals surface area contributed by atoms with Crippen LogP contribution in [0, 0.1) is 5.82 Å². The van der Waals surface area contributed by atoms with Gasteiger partial charge >= 0.3 is 0 Å². The van der Waals surface area contributed by atoms with Crippen molar-refractivity contribution >= 4 is 19.7 Å². The average Bonchev–Trinajstić information content (AvgIpc) is 2.31. The topological polar surface area (TPSA) is 56.3 Å². The van der Waals surface area contributed by atoms with Gasteiger partial charge in [-0.25, -0.2) is 17.8 Å². The molecule has 18 heavy (non-hydrogen) atoms. The van der Waals surface area contributed by atoms with Crippen molar-refractivity contribution in [2.75, 3.05) is 0 Å². The highest BCUT2D eigenvalue weighted by Gasteiger charge is 2.18. The molecular formula is C11H7ClFNO3S. The normalized spacial score (nSPS) is 11.2. The van der Waals surface area contributed by atoms with Crippen LogP contribution >= 0.6 is 10.7 Å². The molecular weight excluding hydrogens is 281 g/mol. The van der Waals surface area contributed by atoms with Gasteiger partial charge in [0.25, 0.3) is 9.05 Å². The van der Waals surface area contributed by atoms with Crippen molar-refractivity contribution in [1.82, 2.24) is 4.98 Å². The van der Waals surface area contributed by atoms with E-state index in [1.165, 1.54) is 42.6 Å². The molecule has 0 atom stereocenters. The van der Waals surface area contributed by atoms with E-state index in [2.05, 4.69) is 4.98 Å². The molecule has 7 heteroatoms. The zero-order chi connectivity index (χ0) is 13.2. The minimum Gasteiger partial charge on any atom is -0.438 e. The van der Waals surface area contributed by atoms with E-state index in [-0.39, 0.29) is 16.5 Å². The zero-order valence-corrected chi connectivity index (χ0v) is 10.5. The zero-order valence-electron chi connectivity index (χ0n) is 8.88. The highest BCUT2D eigenvalue weighted by molar-refractivity contribution is 8.13. The van der Waals surface area contributed by atoms with Crippen LogP contribution in [0.15, 0.2) is 47.5 Å². The van der Waals surface area contributed by atoms with Crippen molar-refractivity contribution in [3.8, 4) is 11.6 Å². The fraction of sp³-hybridized carbons (Fsp3) is 0. The number of hydrogen-bond acceptors (Lipinski definition) is 4. The summed E-state index contributed by atoms with van der Waals surface area (Å²) in [6.45, 7) is 0. The summed E-state index contributed by atoms with van der Waals surface area (Å²) in [6, 6.07) is 7.78. The summed E-state index contributed by atoms with van der Waals surface area (Å²) in [5.41, 5.74) is 0. The van der Waals surface area contributed by atoms with Gasteiger partial charge in [-0.15, -0.1) is 0 Å².